The minimum absolute atomic E-state index is 0.0352. The number of fused-ring (bicyclic) bond motifs is 1. The monoisotopic (exact) mass is 305 g/mol. The molecular weight excluding hydrogens is 290 g/mol. The first kappa shape index (κ1) is 13.9. The van der Waals surface area contributed by atoms with E-state index < -0.39 is 0 Å². The van der Waals surface area contributed by atoms with Crippen LogP contribution in [0.5, 0.6) is 0 Å². The molecule has 0 unspecified atom stereocenters. The molecule has 3 aromatic rings. The minimum Gasteiger partial charge on any atom is -0.396 e. The van der Waals surface area contributed by atoms with Crippen molar-refractivity contribution >= 4 is 21.6 Å². The molecule has 0 radical (unpaired) electrons. The number of thiophene rings is 1. The molecular formula is C13H15N5O2S. The van der Waals surface area contributed by atoms with Crippen LogP contribution in [0.1, 0.15) is 22.0 Å². The zero-order valence-electron chi connectivity index (χ0n) is 11.8. The average Bonchev–Trinajstić information content (AvgIpc) is 2.96. The van der Waals surface area contributed by atoms with E-state index >= 15 is 0 Å². The van der Waals surface area contributed by atoms with Crippen LogP contribution in [0, 0.1) is 13.8 Å². The summed E-state index contributed by atoms with van der Waals surface area (Å²) in [6.07, 6.45) is 2.21. The molecule has 0 aliphatic carbocycles. The van der Waals surface area contributed by atoms with Crippen LogP contribution in [0.15, 0.2) is 11.0 Å². The molecule has 3 rings (SSSR count). The predicted octanol–water partition coefficient (Wildman–Crippen LogP) is 0.776. The second-order valence-electron chi connectivity index (χ2n) is 4.86. The second kappa shape index (κ2) is 5.38. The van der Waals surface area contributed by atoms with Crippen molar-refractivity contribution in [2.24, 2.45) is 0 Å². The topological polar surface area (TPSA) is 96.7 Å². The van der Waals surface area contributed by atoms with Gasteiger partial charge >= 0.3 is 0 Å². The summed E-state index contributed by atoms with van der Waals surface area (Å²) in [6, 6.07) is 0. The maximum atomic E-state index is 12.2. The van der Waals surface area contributed by atoms with Crippen molar-refractivity contribution < 1.29 is 5.11 Å². The van der Waals surface area contributed by atoms with Gasteiger partial charge in [0.1, 0.15) is 17.2 Å². The third-order valence-electron chi connectivity index (χ3n) is 3.35. The third-order valence-corrected chi connectivity index (χ3v) is 4.46. The molecule has 0 aliphatic rings. The van der Waals surface area contributed by atoms with Crippen LogP contribution < -0.4 is 5.56 Å². The minimum atomic E-state index is -0.118. The number of hydrogen-bond donors (Lipinski definition) is 2. The van der Waals surface area contributed by atoms with Gasteiger partial charge in [0.05, 0.1) is 11.1 Å². The second-order valence-corrected chi connectivity index (χ2v) is 6.06. The first-order valence-corrected chi connectivity index (χ1v) is 7.39. The number of nitrogens with one attached hydrogen (secondary N) is 1. The van der Waals surface area contributed by atoms with Crippen LogP contribution in [-0.2, 0) is 13.0 Å². The van der Waals surface area contributed by atoms with E-state index in [1.54, 1.807) is 10.9 Å². The quantitative estimate of drug-likeness (QED) is 0.742. The molecule has 0 amide bonds. The van der Waals surface area contributed by atoms with Crippen molar-refractivity contribution in [3.8, 4) is 0 Å². The van der Waals surface area contributed by atoms with Crippen LogP contribution in [-0.4, -0.2) is 36.7 Å². The van der Waals surface area contributed by atoms with E-state index in [-0.39, 0.29) is 12.2 Å². The van der Waals surface area contributed by atoms with Crippen LogP contribution in [0.3, 0.4) is 0 Å². The lowest BCUT2D eigenvalue weighted by molar-refractivity contribution is 0.298. The highest BCUT2D eigenvalue weighted by atomic mass is 32.1. The molecule has 3 aromatic heterocycles. The Morgan fingerprint density at radius 2 is 2.24 bits per heavy atom. The summed E-state index contributed by atoms with van der Waals surface area (Å²) in [5.41, 5.74) is 1.58. The van der Waals surface area contributed by atoms with Crippen LogP contribution in [0.2, 0.25) is 0 Å². The highest BCUT2D eigenvalue weighted by Crippen LogP contribution is 2.25. The molecule has 110 valence electrons. The smallest absolute Gasteiger partial charge is 0.259 e. The third kappa shape index (κ3) is 2.59. The van der Waals surface area contributed by atoms with Crippen molar-refractivity contribution in [2.75, 3.05) is 6.61 Å². The zero-order chi connectivity index (χ0) is 15.0. The normalized spacial score (nSPS) is 11.4. The number of aromatic amines is 1. The number of aliphatic hydroxyl groups is 1. The van der Waals surface area contributed by atoms with E-state index in [2.05, 4.69) is 20.3 Å². The summed E-state index contributed by atoms with van der Waals surface area (Å²) in [5.74, 6) is 0.550. The Hall–Kier alpha value is -2.06. The Morgan fingerprint density at radius 1 is 1.43 bits per heavy atom. The number of aromatic nitrogens is 5. The van der Waals surface area contributed by atoms with Gasteiger partial charge in [-0.3, -0.25) is 4.79 Å². The number of aryl methyl sites for hydroxylation is 2. The maximum Gasteiger partial charge on any atom is 0.259 e. The van der Waals surface area contributed by atoms with Gasteiger partial charge in [-0.05, 0) is 19.4 Å². The van der Waals surface area contributed by atoms with Crippen molar-refractivity contribution in [3.05, 3.63) is 38.5 Å². The SMILES string of the molecule is Cc1sc2nc(Cn3cc(CCO)nn3)[nH]c(=O)c2c1C. The lowest BCUT2D eigenvalue weighted by Gasteiger charge is -2.00. The van der Waals surface area contributed by atoms with Gasteiger partial charge in [0.2, 0.25) is 0 Å². The first-order chi connectivity index (χ1) is 10.1. The average molecular weight is 305 g/mol. The fraction of sp³-hybridized carbons (Fsp3) is 0.385. The van der Waals surface area contributed by atoms with Crippen molar-refractivity contribution in [3.63, 3.8) is 0 Å². The highest BCUT2D eigenvalue weighted by Gasteiger charge is 2.12. The van der Waals surface area contributed by atoms with Gasteiger partial charge in [0.15, 0.2) is 0 Å². The summed E-state index contributed by atoms with van der Waals surface area (Å²) in [6.45, 7) is 4.30. The summed E-state index contributed by atoms with van der Waals surface area (Å²) in [4.78, 5) is 21.3. The van der Waals surface area contributed by atoms with E-state index in [0.717, 1.165) is 15.3 Å². The summed E-state index contributed by atoms with van der Waals surface area (Å²) in [5, 5.41) is 17.4. The Labute approximate surface area is 124 Å². The summed E-state index contributed by atoms with van der Waals surface area (Å²) >= 11 is 1.52. The first-order valence-electron chi connectivity index (χ1n) is 6.57. The predicted molar refractivity (Wildman–Crippen MR) is 79.6 cm³/mol. The van der Waals surface area contributed by atoms with E-state index in [4.69, 9.17) is 5.11 Å². The molecule has 0 atom stereocenters. The van der Waals surface area contributed by atoms with Crippen LogP contribution in [0.25, 0.3) is 10.2 Å². The molecule has 21 heavy (non-hydrogen) atoms. The molecule has 0 aromatic carbocycles. The van der Waals surface area contributed by atoms with E-state index in [0.29, 0.717) is 29.9 Å². The Morgan fingerprint density at radius 3 is 3.00 bits per heavy atom. The van der Waals surface area contributed by atoms with Gasteiger partial charge in [-0.25, -0.2) is 9.67 Å². The lowest BCUT2D eigenvalue weighted by atomic mass is 10.2. The van der Waals surface area contributed by atoms with E-state index in [9.17, 15) is 4.79 Å². The molecule has 3 heterocycles. The van der Waals surface area contributed by atoms with Gasteiger partial charge in [0, 0.05) is 24.1 Å². The van der Waals surface area contributed by atoms with Crippen molar-refractivity contribution in [1.82, 2.24) is 25.0 Å². The van der Waals surface area contributed by atoms with Gasteiger partial charge in [0.25, 0.3) is 5.56 Å². The number of rotatable bonds is 4. The summed E-state index contributed by atoms with van der Waals surface area (Å²) < 4.78 is 1.60. The van der Waals surface area contributed by atoms with Crippen LogP contribution >= 0.6 is 11.3 Å². The summed E-state index contributed by atoms with van der Waals surface area (Å²) in [7, 11) is 0. The Kier molecular flexibility index (Phi) is 3.56. The van der Waals surface area contributed by atoms with Crippen LogP contribution in [0.4, 0.5) is 0 Å². The van der Waals surface area contributed by atoms with Crippen molar-refractivity contribution in [2.45, 2.75) is 26.8 Å². The molecule has 0 aliphatic heterocycles. The Bertz CT molecular complexity index is 848. The molecule has 0 fully saturated rings. The van der Waals surface area contributed by atoms with Gasteiger partial charge < -0.3 is 10.1 Å². The molecule has 8 heteroatoms. The fourth-order valence-corrected chi connectivity index (χ4v) is 3.22. The molecule has 0 saturated carbocycles. The van der Waals surface area contributed by atoms with Gasteiger partial charge in [-0.15, -0.1) is 16.4 Å². The van der Waals surface area contributed by atoms with Gasteiger partial charge in [-0.2, -0.15) is 0 Å². The number of hydrogen-bond acceptors (Lipinski definition) is 6. The van der Waals surface area contributed by atoms with Gasteiger partial charge in [-0.1, -0.05) is 5.21 Å². The van der Waals surface area contributed by atoms with Crippen molar-refractivity contribution in [1.29, 1.82) is 0 Å². The largest absolute Gasteiger partial charge is 0.396 e. The molecule has 0 saturated heterocycles. The lowest BCUT2D eigenvalue weighted by Crippen LogP contribution is -2.14. The standard InChI is InChI=1S/C13H15N5O2S/c1-7-8(2)21-13-11(7)12(20)14-10(15-13)6-18-5-9(3-4-19)16-17-18/h5,19H,3-4,6H2,1-2H3,(H,14,15,20). The number of H-pyrrole nitrogens is 1. The fourth-order valence-electron chi connectivity index (χ4n) is 2.17. The number of aliphatic hydroxyl groups excluding tert-OH is 1. The molecule has 0 spiro atoms. The number of nitrogens with zero attached hydrogens (tertiary/aromatic N) is 4. The highest BCUT2D eigenvalue weighted by molar-refractivity contribution is 7.18. The molecule has 0 bridgehead atoms. The zero-order valence-corrected chi connectivity index (χ0v) is 12.6. The van der Waals surface area contributed by atoms with E-state index in [1.807, 2.05) is 13.8 Å². The molecule has 7 nitrogen and oxygen atoms in total. The van der Waals surface area contributed by atoms with E-state index in [1.165, 1.54) is 11.3 Å². The molecule has 2 N–H and O–H groups in total. The Balaban J connectivity index is 1.95. The maximum absolute atomic E-state index is 12.2.